The summed E-state index contributed by atoms with van der Waals surface area (Å²) in [5.41, 5.74) is 0. The van der Waals surface area contributed by atoms with Gasteiger partial charge in [0.05, 0.1) is 5.92 Å². The van der Waals surface area contributed by atoms with Gasteiger partial charge in [-0.15, -0.1) is 0 Å². The maximum atomic E-state index is 12.2. The molecule has 1 saturated heterocycles. The van der Waals surface area contributed by atoms with Crippen LogP contribution in [-0.4, -0.2) is 28.1 Å². The highest BCUT2D eigenvalue weighted by Crippen LogP contribution is 2.33. The quantitative estimate of drug-likeness (QED) is 0.308. The summed E-state index contributed by atoms with van der Waals surface area (Å²) in [5.74, 6) is -1.22. The van der Waals surface area contributed by atoms with Gasteiger partial charge in [-0.2, -0.15) is 13.2 Å². The molecule has 0 aromatic heterocycles. The Labute approximate surface area is 87.6 Å². The van der Waals surface area contributed by atoms with Gasteiger partial charge in [-0.3, -0.25) is 0 Å². The second-order valence-electron chi connectivity index (χ2n) is 3.07. The van der Waals surface area contributed by atoms with E-state index in [0.717, 1.165) is 0 Å². The molecule has 0 unspecified atom stereocenters. The van der Waals surface area contributed by atoms with E-state index in [1.165, 1.54) is 27.5 Å². The van der Waals surface area contributed by atoms with Crippen molar-refractivity contribution in [2.24, 2.45) is 5.92 Å². The van der Waals surface area contributed by atoms with Crippen LogP contribution in [0.15, 0.2) is 0 Å². The first-order valence-corrected chi connectivity index (χ1v) is 5.10. The van der Waals surface area contributed by atoms with Gasteiger partial charge in [0.15, 0.2) is 0 Å². The van der Waals surface area contributed by atoms with E-state index in [-0.39, 0.29) is 29.8 Å². The van der Waals surface area contributed by atoms with Crippen LogP contribution >= 0.6 is 0 Å². The normalized spacial score (nSPS) is 20.5. The highest BCUT2D eigenvalue weighted by Gasteiger charge is 2.42. The predicted molar refractivity (Wildman–Crippen MR) is 37.1 cm³/mol. The summed E-state index contributed by atoms with van der Waals surface area (Å²) in [7, 11) is 0. The lowest BCUT2D eigenvalue weighted by atomic mass is 9.97. The van der Waals surface area contributed by atoms with Crippen LogP contribution in [-0.2, 0) is 0 Å². The number of hydrogen-bond acceptors (Lipinski definition) is 1. The van der Waals surface area contributed by atoms with Crippen LogP contribution in [0.5, 0.6) is 0 Å². The highest BCUT2D eigenvalue weighted by atomic mass is 127. The number of carbonyl (C=O) groups is 1. The minimum atomic E-state index is -4.09. The average molecular weight is 308 g/mol. The van der Waals surface area contributed by atoms with Gasteiger partial charge in [0.25, 0.3) is 0 Å². The lowest BCUT2D eigenvalue weighted by Gasteiger charge is -2.29. The number of hydrogen-bond donors (Lipinski definition) is 0. The monoisotopic (exact) mass is 308 g/mol. The Morgan fingerprint density at radius 2 is 1.77 bits per heavy atom. The molecule has 0 N–H and O–H groups in total. The molecule has 0 aromatic carbocycles. The molecule has 0 aliphatic carbocycles. The fraction of sp³-hybridized carbons (Fsp3) is 0.857. The zero-order valence-corrected chi connectivity index (χ0v) is 9.13. The molecular weight excluding hydrogens is 298 g/mol. The van der Waals surface area contributed by atoms with Gasteiger partial charge in [-0.1, -0.05) is 0 Å². The first-order chi connectivity index (χ1) is 5.91. The molecule has 13 heavy (non-hydrogen) atoms. The summed E-state index contributed by atoms with van der Waals surface area (Å²) in [4.78, 5) is 12.3. The maximum Gasteiger partial charge on any atom is 0.458 e. The summed E-state index contributed by atoms with van der Waals surface area (Å²) in [6.45, 7) is 0.476. The minimum absolute atomic E-state index is 0.0463. The van der Waals surface area contributed by atoms with Crippen LogP contribution in [0.1, 0.15) is 12.8 Å². The second kappa shape index (κ2) is 4.02. The van der Waals surface area contributed by atoms with E-state index in [9.17, 15) is 18.0 Å². The van der Waals surface area contributed by atoms with Gasteiger partial charge < -0.3 is 4.90 Å². The Morgan fingerprint density at radius 3 is 2.08 bits per heavy atom. The first-order valence-electron chi connectivity index (χ1n) is 3.94. The number of carbonyl (C=O) groups excluding carboxylic acids is 1. The first kappa shape index (κ1) is 11.1. The topological polar surface area (TPSA) is 20.3 Å². The number of likely N-dealkylation sites (tertiary alicyclic amines) is 1. The van der Waals surface area contributed by atoms with Gasteiger partial charge in [0.1, 0.15) is 0 Å². The Kier molecular flexibility index (Phi) is 3.42. The van der Waals surface area contributed by atoms with Crippen LogP contribution in [0.2, 0.25) is 0 Å². The molecule has 1 heterocycles. The average Bonchev–Trinajstić information content (AvgIpc) is 2.03. The fourth-order valence-electron chi connectivity index (χ4n) is 1.39. The van der Waals surface area contributed by atoms with Crippen LogP contribution in [0, 0.1) is 5.92 Å². The van der Waals surface area contributed by atoms with E-state index in [0.29, 0.717) is 0 Å². The largest absolute Gasteiger partial charge is 0.458 e. The van der Waals surface area contributed by atoms with Crippen LogP contribution in [0.3, 0.4) is 0 Å². The van der Waals surface area contributed by atoms with Crippen molar-refractivity contribution in [1.29, 1.82) is 0 Å². The third-order valence-electron chi connectivity index (χ3n) is 2.22. The number of amides is 1. The summed E-state index contributed by atoms with van der Waals surface area (Å²) in [6.07, 6.45) is -4.00. The third-order valence-corrected chi connectivity index (χ3v) is 2.95. The van der Waals surface area contributed by atoms with Crippen molar-refractivity contribution in [2.75, 3.05) is 13.1 Å². The molecule has 0 bridgehead atoms. The van der Waals surface area contributed by atoms with Gasteiger partial charge in [-0.25, -0.2) is 4.79 Å². The third kappa shape index (κ3) is 2.99. The Morgan fingerprint density at radius 1 is 1.31 bits per heavy atom. The number of nitrogens with zero attached hydrogens (tertiary/aromatic N) is 1. The molecule has 0 atom stereocenters. The standard InChI is InChI=1S/C7H10F3INO/c8-7(9,10)5-1-3-12(4-2-5)6(11)13/h5,11H,1-4H2/q+1. The lowest BCUT2D eigenvalue weighted by molar-refractivity contribution is -0.269. The molecule has 0 aromatic rings. The van der Waals surface area contributed by atoms with E-state index in [2.05, 4.69) is 0 Å². The van der Waals surface area contributed by atoms with Crippen molar-refractivity contribution in [1.82, 2.24) is 4.90 Å². The minimum Gasteiger partial charge on any atom is -0.300 e. The number of rotatable bonds is 0. The Hall–Kier alpha value is -0.0100. The Balaban J connectivity index is 2.44. The summed E-state index contributed by atoms with van der Waals surface area (Å²) in [6, 6.07) is 0. The van der Waals surface area contributed by atoms with Crippen LogP contribution in [0.25, 0.3) is 0 Å². The van der Waals surface area contributed by atoms with Crippen molar-refractivity contribution in [3.8, 4) is 0 Å². The highest BCUT2D eigenvalue weighted by molar-refractivity contribution is 5.62. The molecule has 1 rings (SSSR count). The molecule has 1 aliphatic heterocycles. The summed E-state index contributed by atoms with van der Waals surface area (Å²) >= 11 is 1.31. The number of alkyl halides is 3. The van der Waals surface area contributed by atoms with Crippen molar-refractivity contribution in [3.63, 3.8) is 0 Å². The fourth-order valence-corrected chi connectivity index (χ4v) is 1.91. The zero-order chi connectivity index (χ0) is 10.1. The van der Waals surface area contributed by atoms with Crippen molar-refractivity contribution >= 4 is 3.91 Å². The van der Waals surface area contributed by atoms with E-state index >= 15 is 0 Å². The van der Waals surface area contributed by atoms with E-state index in [4.69, 9.17) is 0 Å². The molecule has 0 radical (unpaired) electrons. The molecule has 0 saturated carbocycles. The van der Waals surface area contributed by atoms with Gasteiger partial charge in [0.2, 0.25) is 0 Å². The smallest absolute Gasteiger partial charge is 0.300 e. The molecule has 6 heteroatoms. The van der Waals surface area contributed by atoms with Crippen molar-refractivity contribution in [2.45, 2.75) is 19.0 Å². The molecule has 76 valence electrons. The number of halogens is 4. The van der Waals surface area contributed by atoms with Gasteiger partial charge in [-0.05, 0) is 12.8 Å². The van der Waals surface area contributed by atoms with E-state index < -0.39 is 12.1 Å². The molecule has 0 spiro atoms. The van der Waals surface area contributed by atoms with E-state index in [1.807, 2.05) is 0 Å². The second-order valence-corrected chi connectivity index (χ2v) is 4.07. The van der Waals surface area contributed by atoms with Crippen molar-refractivity contribution in [3.05, 3.63) is 0 Å². The summed E-state index contributed by atoms with van der Waals surface area (Å²) < 4.78 is 36.4. The molecular formula is C7H10F3INO+. The van der Waals surface area contributed by atoms with Gasteiger partial charge >= 0.3 is 32.7 Å². The Bertz CT molecular complexity index is 198. The lowest BCUT2D eigenvalue weighted by Crippen LogP contribution is -3.39. The molecule has 1 aliphatic rings. The molecule has 1 fully saturated rings. The molecule has 2 nitrogen and oxygen atoms in total. The SMILES string of the molecule is O=C([IH+])N1CCC(C(F)(F)F)CC1. The maximum absolute atomic E-state index is 12.2. The predicted octanol–water partition coefficient (Wildman–Crippen LogP) is -1.33. The van der Waals surface area contributed by atoms with E-state index in [1.54, 1.807) is 0 Å². The zero-order valence-electron chi connectivity index (χ0n) is 6.80. The van der Waals surface area contributed by atoms with Crippen molar-refractivity contribution < 1.29 is 40.6 Å². The van der Waals surface area contributed by atoms with Gasteiger partial charge in [0, 0.05) is 13.1 Å². The number of piperidine rings is 1. The summed E-state index contributed by atoms with van der Waals surface area (Å²) in [5, 5.41) is 0. The van der Waals surface area contributed by atoms with Crippen LogP contribution in [0.4, 0.5) is 18.0 Å². The molecule has 1 amide bonds. The van der Waals surface area contributed by atoms with Crippen LogP contribution < -0.4 is 22.6 Å².